The van der Waals surface area contributed by atoms with Gasteiger partial charge in [0.25, 0.3) is 0 Å². The van der Waals surface area contributed by atoms with Crippen LogP contribution in [0.1, 0.15) is 33.1 Å². The third-order valence-corrected chi connectivity index (χ3v) is 4.71. The van der Waals surface area contributed by atoms with Crippen molar-refractivity contribution in [3.05, 3.63) is 24.0 Å². The molecule has 0 amide bonds. The van der Waals surface area contributed by atoms with Crippen LogP contribution in [0.25, 0.3) is 10.2 Å². The Bertz CT molecular complexity index is 573. The molecule has 0 aliphatic carbocycles. The Hall–Kier alpha value is -1.20. The first-order valence-corrected chi connectivity index (χ1v) is 7.56. The maximum Gasteiger partial charge on any atom is 0.198 e. The van der Waals surface area contributed by atoms with Crippen LogP contribution in [0.4, 0.5) is 9.52 Å². The van der Waals surface area contributed by atoms with Gasteiger partial charge in [0.05, 0.1) is 10.2 Å². The van der Waals surface area contributed by atoms with Crippen LogP contribution in [0.3, 0.4) is 0 Å². The van der Waals surface area contributed by atoms with Crippen molar-refractivity contribution in [2.45, 2.75) is 45.2 Å². The summed E-state index contributed by atoms with van der Waals surface area (Å²) in [6.45, 7) is 4.46. The van der Waals surface area contributed by atoms with Crippen LogP contribution in [0.5, 0.6) is 0 Å². The van der Waals surface area contributed by atoms with Crippen molar-refractivity contribution in [3.8, 4) is 0 Å². The van der Waals surface area contributed by atoms with E-state index >= 15 is 0 Å². The fourth-order valence-electron chi connectivity index (χ4n) is 2.70. The topological polar surface area (TPSA) is 28.2 Å². The van der Waals surface area contributed by atoms with Crippen LogP contribution in [-0.4, -0.2) is 22.1 Å². The Morgan fingerprint density at radius 3 is 2.79 bits per heavy atom. The second-order valence-corrected chi connectivity index (χ2v) is 6.31. The SMILES string of the molecule is CC1CCCC(C)N1Nc1nc2cc(F)ccc2s1. The molecule has 5 heteroatoms. The fourth-order valence-corrected chi connectivity index (χ4v) is 3.55. The minimum Gasteiger partial charge on any atom is -0.294 e. The van der Waals surface area contributed by atoms with E-state index in [0.717, 1.165) is 15.3 Å². The molecule has 2 atom stereocenters. The number of nitrogens with one attached hydrogen (secondary N) is 1. The normalized spacial score (nSPS) is 24.8. The Morgan fingerprint density at radius 1 is 1.32 bits per heavy atom. The highest BCUT2D eigenvalue weighted by atomic mass is 32.1. The third-order valence-electron chi connectivity index (χ3n) is 3.77. The smallest absolute Gasteiger partial charge is 0.198 e. The van der Waals surface area contributed by atoms with Crippen LogP contribution in [0.15, 0.2) is 18.2 Å². The average molecular weight is 279 g/mol. The zero-order valence-electron chi connectivity index (χ0n) is 11.2. The number of rotatable bonds is 2. The van der Waals surface area contributed by atoms with Gasteiger partial charge >= 0.3 is 0 Å². The van der Waals surface area contributed by atoms with Crippen molar-refractivity contribution in [1.29, 1.82) is 0 Å². The molecule has 102 valence electrons. The number of aromatic nitrogens is 1. The molecule has 1 saturated heterocycles. The summed E-state index contributed by atoms with van der Waals surface area (Å²) in [5.74, 6) is -0.232. The predicted molar refractivity (Wildman–Crippen MR) is 77.8 cm³/mol. The summed E-state index contributed by atoms with van der Waals surface area (Å²) in [6.07, 6.45) is 3.69. The monoisotopic (exact) mass is 279 g/mol. The van der Waals surface area contributed by atoms with Gasteiger partial charge in [-0.05, 0) is 38.8 Å². The molecular weight excluding hydrogens is 261 g/mol. The van der Waals surface area contributed by atoms with E-state index in [9.17, 15) is 4.39 Å². The molecule has 1 N–H and O–H groups in total. The van der Waals surface area contributed by atoms with E-state index in [1.807, 2.05) is 0 Å². The van der Waals surface area contributed by atoms with Crippen LogP contribution >= 0.6 is 11.3 Å². The number of hydrogen-bond acceptors (Lipinski definition) is 4. The number of thiazole rings is 1. The first-order valence-electron chi connectivity index (χ1n) is 6.74. The first-order chi connectivity index (χ1) is 9.13. The molecule has 0 radical (unpaired) electrons. The highest BCUT2D eigenvalue weighted by Crippen LogP contribution is 2.29. The summed E-state index contributed by atoms with van der Waals surface area (Å²) in [4.78, 5) is 4.46. The summed E-state index contributed by atoms with van der Waals surface area (Å²) in [5.41, 5.74) is 4.13. The molecule has 2 unspecified atom stereocenters. The zero-order chi connectivity index (χ0) is 13.4. The van der Waals surface area contributed by atoms with Gasteiger partial charge in [-0.15, -0.1) is 0 Å². The number of halogens is 1. The summed E-state index contributed by atoms with van der Waals surface area (Å²) in [7, 11) is 0. The number of anilines is 1. The Kier molecular flexibility index (Phi) is 3.41. The highest BCUT2D eigenvalue weighted by Gasteiger charge is 2.25. The Balaban J connectivity index is 1.84. The van der Waals surface area contributed by atoms with Crippen molar-refractivity contribution < 1.29 is 4.39 Å². The first kappa shape index (κ1) is 12.8. The maximum absolute atomic E-state index is 13.2. The van der Waals surface area contributed by atoms with Crippen molar-refractivity contribution in [2.24, 2.45) is 0 Å². The lowest BCUT2D eigenvalue weighted by atomic mass is 10.00. The number of piperidine rings is 1. The van der Waals surface area contributed by atoms with Gasteiger partial charge in [-0.1, -0.05) is 17.8 Å². The zero-order valence-corrected chi connectivity index (χ0v) is 12.0. The minimum atomic E-state index is -0.232. The molecule has 0 spiro atoms. The summed E-state index contributed by atoms with van der Waals surface area (Å²) >= 11 is 1.57. The van der Waals surface area contributed by atoms with Crippen LogP contribution in [0.2, 0.25) is 0 Å². The molecule has 1 aliphatic rings. The molecule has 1 fully saturated rings. The lowest BCUT2D eigenvalue weighted by molar-refractivity contribution is 0.136. The summed E-state index contributed by atoms with van der Waals surface area (Å²) < 4.78 is 14.2. The Morgan fingerprint density at radius 2 is 2.05 bits per heavy atom. The van der Waals surface area contributed by atoms with Gasteiger partial charge in [0.15, 0.2) is 5.13 Å². The van der Waals surface area contributed by atoms with Gasteiger partial charge in [-0.3, -0.25) is 5.43 Å². The van der Waals surface area contributed by atoms with E-state index in [1.165, 1.54) is 31.4 Å². The van der Waals surface area contributed by atoms with Crippen LogP contribution in [0, 0.1) is 5.82 Å². The van der Waals surface area contributed by atoms with Gasteiger partial charge in [0.2, 0.25) is 0 Å². The quantitative estimate of drug-likeness (QED) is 0.899. The number of hydrogen-bond donors (Lipinski definition) is 1. The van der Waals surface area contributed by atoms with Gasteiger partial charge < -0.3 is 0 Å². The van der Waals surface area contributed by atoms with E-state index in [1.54, 1.807) is 17.4 Å². The van der Waals surface area contributed by atoms with E-state index in [0.29, 0.717) is 12.1 Å². The lowest BCUT2D eigenvalue weighted by Crippen LogP contribution is -2.47. The summed E-state index contributed by atoms with van der Waals surface area (Å²) in [5, 5.41) is 3.12. The van der Waals surface area contributed by atoms with Crippen molar-refractivity contribution >= 4 is 26.7 Å². The van der Waals surface area contributed by atoms with Crippen molar-refractivity contribution in [1.82, 2.24) is 9.99 Å². The van der Waals surface area contributed by atoms with E-state index < -0.39 is 0 Å². The van der Waals surface area contributed by atoms with Gasteiger partial charge in [-0.2, -0.15) is 0 Å². The highest BCUT2D eigenvalue weighted by molar-refractivity contribution is 7.22. The molecule has 0 bridgehead atoms. The molecule has 3 nitrogen and oxygen atoms in total. The molecular formula is C14H18FN3S. The van der Waals surface area contributed by atoms with Gasteiger partial charge in [-0.25, -0.2) is 14.4 Å². The number of nitrogens with zero attached hydrogens (tertiary/aromatic N) is 2. The van der Waals surface area contributed by atoms with E-state index in [-0.39, 0.29) is 5.82 Å². The standard InChI is InChI=1S/C14H18FN3S/c1-9-4-3-5-10(2)18(9)17-14-16-12-8-11(15)6-7-13(12)19-14/h6-10H,3-5H2,1-2H3,(H,16,17). The second-order valence-electron chi connectivity index (χ2n) is 5.28. The molecule has 2 heterocycles. The largest absolute Gasteiger partial charge is 0.294 e. The van der Waals surface area contributed by atoms with Gasteiger partial charge in [0, 0.05) is 18.2 Å². The van der Waals surface area contributed by atoms with Crippen LogP contribution in [-0.2, 0) is 0 Å². The number of benzene rings is 1. The lowest BCUT2D eigenvalue weighted by Gasteiger charge is -2.38. The molecule has 19 heavy (non-hydrogen) atoms. The molecule has 0 saturated carbocycles. The third kappa shape index (κ3) is 2.58. The molecule has 1 aromatic heterocycles. The second kappa shape index (κ2) is 5.06. The molecule has 2 aromatic rings. The average Bonchev–Trinajstić information content (AvgIpc) is 2.75. The molecule has 1 aliphatic heterocycles. The van der Waals surface area contributed by atoms with E-state index in [4.69, 9.17) is 0 Å². The van der Waals surface area contributed by atoms with Crippen molar-refractivity contribution in [2.75, 3.05) is 5.43 Å². The number of hydrazine groups is 1. The maximum atomic E-state index is 13.2. The van der Waals surface area contributed by atoms with Gasteiger partial charge in [0.1, 0.15) is 5.82 Å². The van der Waals surface area contributed by atoms with E-state index in [2.05, 4.69) is 29.3 Å². The summed E-state index contributed by atoms with van der Waals surface area (Å²) in [6, 6.07) is 5.77. The number of fused-ring (bicyclic) bond motifs is 1. The molecule has 1 aromatic carbocycles. The predicted octanol–water partition coefficient (Wildman–Crippen LogP) is 4.03. The Labute approximate surface area is 116 Å². The fraction of sp³-hybridized carbons (Fsp3) is 0.500. The van der Waals surface area contributed by atoms with Crippen molar-refractivity contribution in [3.63, 3.8) is 0 Å². The van der Waals surface area contributed by atoms with Crippen LogP contribution < -0.4 is 5.43 Å². The minimum absolute atomic E-state index is 0.232. The molecule has 3 rings (SSSR count).